The van der Waals surface area contributed by atoms with E-state index in [-0.39, 0.29) is 6.10 Å². The van der Waals surface area contributed by atoms with E-state index in [1.165, 1.54) is 11.1 Å². The lowest BCUT2D eigenvalue weighted by Gasteiger charge is -2.30. The van der Waals surface area contributed by atoms with E-state index < -0.39 is 0 Å². The van der Waals surface area contributed by atoms with Gasteiger partial charge in [0, 0.05) is 31.7 Å². The smallest absolute Gasteiger partial charge is 0.226 e. The van der Waals surface area contributed by atoms with Crippen LogP contribution in [0.15, 0.2) is 28.9 Å². The predicted molar refractivity (Wildman–Crippen MR) is 90.4 cm³/mol. The second-order valence-electron chi connectivity index (χ2n) is 6.35. The van der Waals surface area contributed by atoms with Gasteiger partial charge in [-0.15, -0.1) is 0 Å². The van der Waals surface area contributed by atoms with Crippen LogP contribution in [0, 0.1) is 13.8 Å². The molecule has 1 atom stereocenters. The second-order valence-corrected chi connectivity index (χ2v) is 6.35. The Morgan fingerprint density at radius 1 is 1.35 bits per heavy atom. The maximum Gasteiger partial charge on any atom is 0.226 e. The number of nitrogens with one attached hydrogen (secondary N) is 1. The summed E-state index contributed by atoms with van der Waals surface area (Å²) < 4.78 is 11.4. The quantitative estimate of drug-likeness (QED) is 0.918. The molecule has 5 nitrogen and oxygen atoms in total. The Morgan fingerprint density at radius 3 is 3.00 bits per heavy atom. The number of benzene rings is 1. The van der Waals surface area contributed by atoms with Crippen LogP contribution < -0.4 is 5.32 Å². The number of morpholine rings is 1. The van der Waals surface area contributed by atoms with Crippen LogP contribution in [0.1, 0.15) is 16.8 Å². The summed E-state index contributed by atoms with van der Waals surface area (Å²) in [5.74, 6) is 0.688. The van der Waals surface area contributed by atoms with Crippen LogP contribution >= 0.6 is 0 Å². The lowest BCUT2D eigenvalue weighted by Crippen LogP contribution is -2.44. The number of aromatic nitrogens is 1. The number of hydrogen-bond acceptors (Lipinski definition) is 5. The fourth-order valence-electron chi connectivity index (χ4n) is 2.92. The van der Waals surface area contributed by atoms with Crippen LogP contribution in [-0.4, -0.2) is 49.3 Å². The fourth-order valence-corrected chi connectivity index (χ4v) is 2.92. The highest BCUT2D eigenvalue weighted by atomic mass is 16.5. The number of oxazole rings is 1. The molecule has 23 heavy (non-hydrogen) atoms. The van der Waals surface area contributed by atoms with E-state index in [2.05, 4.69) is 54.3 Å². The van der Waals surface area contributed by atoms with Crippen molar-refractivity contribution in [2.45, 2.75) is 26.5 Å². The van der Waals surface area contributed by atoms with Crippen molar-refractivity contribution in [3.63, 3.8) is 0 Å². The summed E-state index contributed by atoms with van der Waals surface area (Å²) in [4.78, 5) is 6.88. The molecule has 2 aromatic rings. The van der Waals surface area contributed by atoms with Gasteiger partial charge in [-0.2, -0.15) is 0 Å². The van der Waals surface area contributed by atoms with Crippen LogP contribution in [-0.2, 0) is 11.3 Å². The maximum absolute atomic E-state index is 5.74. The molecule has 0 bridgehead atoms. The highest BCUT2D eigenvalue weighted by molar-refractivity contribution is 5.59. The molecule has 1 aliphatic rings. The largest absolute Gasteiger partial charge is 0.444 e. The number of hydrogen-bond donors (Lipinski definition) is 1. The van der Waals surface area contributed by atoms with Crippen molar-refractivity contribution in [2.75, 3.05) is 33.3 Å². The third-order valence-corrected chi connectivity index (χ3v) is 4.18. The van der Waals surface area contributed by atoms with E-state index in [0.717, 1.165) is 37.5 Å². The third kappa shape index (κ3) is 4.19. The van der Waals surface area contributed by atoms with E-state index in [1.807, 2.05) is 0 Å². The van der Waals surface area contributed by atoms with Gasteiger partial charge in [-0.05, 0) is 32.5 Å². The zero-order chi connectivity index (χ0) is 16.2. The fraction of sp³-hybridized carbons (Fsp3) is 0.500. The van der Waals surface area contributed by atoms with Crippen molar-refractivity contribution in [1.29, 1.82) is 0 Å². The summed E-state index contributed by atoms with van der Waals surface area (Å²) in [7, 11) is 2.13. The molecule has 0 aliphatic carbocycles. The topological polar surface area (TPSA) is 50.5 Å². The molecule has 0 spiro atoms. The molecule has 1 fully saturated rings. The normalized spacial score (nSPS) is 19.2. The molecule has 1 N–H and O–H groups in total. The molecule has 124 valence electrons. The Bertz CT molecular complexity index is 653. The van der Waals surface area contributed by atoms with Gasteiger partial charge in [0.05, 0.1) is 18.4 Å². The molecule has 1 aromatic heterocycles. The zero-order valence-electron chi connectivity index (χ0n) is 14.1. The Labute approximate surface area is 137 Å². The molecule has 0 radical (unpaired) electrons. The van der Waals surface area contributed by atoms with E-state index in [0.29, 0.717) is 12.4 Å². The minimum Gasteiger partial charge on any atom is -0.444 e. The van der Waals surface area contributed by atoms with Crippen molar-refractivity contribution < 1.29 is 9.15 Å². The van der Waals surface area contributed by atoms with E-state index in [9.17, 15) is 0 Å². The Morgan fingerprint density at radius 2 is 2.22 bits per heavy atom. The SMILES string of the molecule is Cc1ccc(-c2nc(CNC[C@H]3CN(C)CCO3)co2)c(C)c1. The van der Waals surface area contributed by atoms with Crippen LogP contribution in [0.4, 0.5) is 0 Å². The van der Waals surface area contributed by atoms with Gasteiger partial charge in [-0.3, -0.25) is 0 Å². The maximum atomic E-state index is 5.74. The van der Waals surface area contributed by atoms with Crippen LogP contribution in [0.2, 0.25) is 0 Å². The molecule has 1 aromatic carbocycles. The van der Waals surface area contributed by atoms with Crippen molar-refractivity contribution in [3.05, 3.63) is 41.3 Å². The van der Waals surface area contributed by atoms with E-state index in [1.54, 1.807) is 6.26 Å². The van der Waals surface area contributed by atoms with Crippen LogP contribution in [0.5, 0.6) is 0 Å². The number of likely N-dealkylation sites (N-methyl/N-ethyl adjacent to an activating group) is 1. The first-order valence-corrected chi connectivity index (χ1v) is 8.14. The van der Waals surface area contributed by atoms with E-state index in [4.69, 9.17) is 9.15 Å². The van der Waals surface area contributed by atoms with Gasteiger partial charge in [0.2, 0.25) is 5.89 Å². The average Bonchev–Trinajstić information content (AvgIpc) is 2.96. The summed E-state index contributed by atoms with van der Waals surface area (Å²) in [5, 5.41) is 3.41. The molecule has 0 unspecified atom stereocenters. The highest BCUT2D eigenvalue weighted by Crippen LogP contribution is 2.23. The van der Waals surface area contributed by atoms with Gasteiger partial charge in [0.15, 0.2) is 0 Å². The monoisotopic (exact) mass is 315 g/mol. The summed E-state index contributed by atoms with van der Waals surface area (Å²) in [5.41, 5.74) is 4.41. The number of ether oxygens (including phenoxy) is 1. The summed E-state index contributed by atoms with van der Waals surface area (Å²) in [6, 6.07) is 6.30. The van der Waals surface area contributed by atoms with Gasteiger partial charge >= 0.3 is 0 Å². The van der Waals surface area contributed by atoms with Crippen molar-refractivity contribution >= 4 is 0 Å². The Balaban J connectivity index is 1.55. The number of rotatable bonds is 5. The predicted octanol–water partition coefficient (Wildman–Crippen LogP) is 2.38. The van der Waals surface area contributed by atoms with Gasteiger partial charge < -0.3 is 19.4 Å². The lowest BCUT2D eigenvalue weighted by molar-refractivity contribution is -0.0182. The van der Waals surface area contributed by atoms with Gasteiger partial charge in [-0.25, -0.2) is 4.98 Å². The number of aryl methyl sites for hydroxylation is 2. The first kappa shape index (κ1) is 16.2. The third-order valence-electron chi connectivity index (χ3n) is 4.18. The molecule has 2 heterocycles. The molecule has 3 rings (SSSR count). The Hall–Kier alpha value is -1.69. The number of nitrogens with zero attached hydrogens (tertiary/aromatic N) is 2. The molecular weight excluding hydrogens is 290 g/mol. The molecular formula is C18H25N3O2. The standard InChI is InChI=1S/C18H25N3O2/c1-13-4-5-17(14(2)8-13)18-20-15(12-23-18)9-19-10-16-11-21(3)6-7-22-16/h4-5,8,12,16,19H,6-7,9-11H2,1-3H3/t16-/m0/s1. The van der Waals surface area contributed by atoms with Crippen molar-refractivity contribution in [3.8, 4) is 11.5 Å². The summed E-state index contributed by atoms with van der Waals surface area (Å²) in [6.07, 6.45) is 1.98. The summed E-state index contributed by atoms with van der Waals surface area (Å²) >= 11 is 0. The van der Waals surface area contributed by atoms with E-state index >= 15 is 0 Å². The molecule has 1 aliphatic heterocycles. The lowest BCUT2D eigenvalue weighted by atomic mass is 10.1. The first-order chi connectivity index (χ1) is 11.1. The van der Waals surface area contributed by atoms with Gasteiger partial charge in [0.1, 0.15) is 6.26 Å². The minimum atomic E-state index is 0.250. The minimum absolute atomic E-state index is 0.250. The molecule has 1 saturated heterocycles. The van der Waals surface area contributed by atoms with Crippen molar-refractivity contribution in [1.82, 2.24) is 15.2 Å². The molecule has 5 heteroatoms. The van der Waals surface area contributed by atoms with Crippen molar-refractivity contribution in [2.24, 2.45) is 0 Å². The summed E-state index contributed by atoms with van der Waals surface area (Å²) in [6.45, 7) is 8.49. The average molecular weight is 315 g/mol. The molecule has 0 saturated carbocycles. The highest BCUT2D eigenvalue weighted by Gasteiger charge is 2.17. The second kappa shape index (κ2) is 7.25. The van der Waals surface area contributed by atoms with Gasteiger partial charge in [0.25, 0.3) is 0 Å². The zero-order valence-corrected chi connectivity index (χ0v) is 14.1. The van der Waals surface area contributed by atoms with Gasteiger partial charge in [-0.1, -0.05) is 17.7 Å². The van der Waals surface area contributed by atoms with Crippen LogP contribution in [0.3, 0.4) is 0 Å². The first-order valence-electron chi connectivity index (χ1n) is 8.14. The Kier molecular flexibility index (Phi) is 5.10. The molecule has 0 amide bonds. The van der Waals surface area contributed by atoms with Crippen LogP contribution in [0.25, 0.3) is 11.5 Å².